The van der Waals surface area contributed by atoms with E-state index in [0.29, 0.717) is 30.8 Å². The van der Waals surface area contributed by atoms with Crippen LogP contribution in [0.25, 0.3) is 10.2 Å². The van der Waals surface area contributed by atoms with Crippen LogP contribution in [0.3, 0.4) is 0 Å². The molecule has 0 fully saturated rings. The summed E-state index contributed by atoms with van der Waals surface area (Å²) in [6.45, 7) is 7.21. The second-order valence-electron chi connectivity index (χ2n) is 8.46. The number of benzene rings is 3. The van der Waals surface area contributed by atoms with Gasteiger partial charge in [-0.05, 0) is 62.7 Å². The van der Waals surface area contributed by atoms with Gasteiger partial charge in [0.05, 0.1) is 20.6 Å². The van der Waals surface area contributed by atoms with Crippen molar-refractivity contribution in [1.29, 1.82) is 0 Å². The van der Waals surface area contributed by atoms with E-state index in [0.717, 1.165) is 20.8 Å². The van der Waals surface area contributed by atoms with Crippen molar-refractivity contribution in [1.82, 2.24) is 9.88 Å². The fourth-order valence-electron chi connectivity index (χ4n) is 4.08. The zero-order valence-corrected chi connectivity index (χ0v) is 20.6. The number of nitrogens with zero attached hydrogens (tertiary/aromatic N) is 2. The quantitative estimate of drug-likeness (QED) is 0.347. The Hall–Kier alpha value is -3.51. The minimum atomic E-state index is -0.815. The molecule has 1 aromatic heterocycles. The zero-order chi connectivity index (χ0) is 24.1. The van der Waals surface area contributed by atoms with Crippen LogP contribution in [0.5, 0.6) is 0 Å². The topological polar surface area (TPSA) is 62.3 Å². The minimum Gasteiger partial charge on any atom is -0.339 e. The third-order valence-electron chi connectivity index (χ3n) is 6.20. The van der Waals surface area contributed by atoms with E-state index in [1.807, 2.05) is 69.3 Å². The fourth-order valence-corrected chi connectivity index (χ4v) is 5.20. The number of thiazole rings is 1. The Morgan fingerprint density at radius 1 is 0.912 bits per heavy atom. The van der Waals surface area contributed by atoms with Crippen molar-refractivity contribution in [3.63, 3.8) is 0 Å². The summed E-state index contributed by atoms with van der Waals surface area (Å²) in [5.41, 5.74) is 2.34. The number of para-hydroxylation sites is 1. The van der Waals surface area contributed by atoms with Crippen molar-refractivity contribution in [3.8, 4) is 0 Å². The van der Waals surface area contributed by atoms with Gasteiger partial charge in [0, 0.05) is 30.8 Å². The maximum absolute atomic E-state index is 13.7. The van der Waals surface area contributed by atoms with Gasteiger partial charge in [0.2, 0.25) is 5.91 Å². The van der Waals surface area contributed by atoms with Gasteiger partial charge in [-0.2, -0.15) is 0 Å². The molecular weight excluding hydrogens is 442 g/mol. The Morgan fingerprint density at radius 3 is 2.21 bits per heavy atom. The lowest BCUT2D eigenvalue weighted by Gasteiger charge is -2.28. The van der Waals surface area contributed by atoms with Gasteiger partial charge in [-0.25, -0.2) is 4.98 Å². The first-order chi connectivity index (χ1) is 16.4. The van der Waals surface area contributed by atoms with Crippen LogP contribution in [0.1, 0.15) is 41.7 Å². The SMILES string of the molecule is CCN(CC)C(=O)c1ccc(NC(=O)C(C)(Cc2nc3ccccc3s2)c2ccccc2)cc1. The summed E-state index contributed by atoms with van der Waals surface area (Å²) in [7, 11) is 0. The van der Waals surface area contributed by atoms with Gasteiger partial charge >= 0.3 is 0 Å². The molecule has 4 aromatic rings. The summed E-state index contributed by atoms with van der Waals surface area (Å²) in [6, 6.07) is 25.0. The minimum absolute atomic E-state index is 0.00663. The largest absolute Gasteiger partial charge is 0.339 e. The Balaban J connectivity index is 1.59. The summed E-state index contributed by atoms with van der Waals surface area (Å²) < 4.78 is 1.11. The number of amides is 2. The molecule has 0 aliphatic heterocycles. The first kappa shape index (κ1) is 23.6. The lowest BCUT2D eigenvalue weighted by atomic mass is 9.78. The third-order valence-corrected chi connectivity index (χ3v) is 7.23. The number of fused-ring (bicyclic) bond motifs is 1. The van der Waals surface area contributed by atoms with E-state index in [4.69, 9.17) is 4.98 Å². The number of rotatable bonds is 8. The van der Waals surface area contributed by atoms with Crippen LogP contribution in [0.4, 0.5) is 5.69 Å². The maximum atomic E-state index is 13.7. The predicted molar refractivity (Wildman–Crippen MR) is 139 cm³/mol. The standard InChI is InChI=1S/C28H29N3O2S/c1-4-31(5-2)26(32)20-15-17-22(18-16-20)29-27(33)28(3,21-11-7-6-8-12-21)19-25-30-23-13-9-10-14-24(23)34-25/h6-18H,4-5,19H2,1-3H3,(H,29,33). The first-order valence-corrected chi connectivity index (χ1v) is 12.4. The van der Waals surface area contributed by atoms with E-state index >= 15 is 0 Å². The van der Waals surface area contributed by atoms with Crippen molar-refractivity contribution in [3.05, 3.63) is 95.0 Å². The Bertz CT molecular complexity index is 1250. The average molecular weight is 472 g/mol. The second kappa shape index (κ2) is 10.2. The Kier molecular flexibility index (Phi) is 7.08. The number of anilines is 1. The molecule has 1 heterocycles. The molecule has 0 radical (unpaired) electrons. The fraction of sp³-hybridized carbons (Fsp3) is 0.250. The lowest BCUT2D eigenvalue weighted by Crippen LogP contribution is -2.39. The molecule has 34 heavy (non-hydrogen) atoms. The molecule has 3 aromatic carbocycles. The van der Waals surface area contributed by atoms with Crippen LogP contribution in [-0.2, 0) is 16.6 Å². The average Bonchev–Trinajstić information content (AvgIpc) is 3.27. The molecule has 6 heteroatoms. The molecule has 0 saturated carbocycles. The molecule has 1 N–H and O–H groups in total. The highest BCUT2D eigenvalue weighted by atomic mass is 32.1. The normalized spacial score (nSPS) is 12.8. The molecule has 2 amide bonds. The summed E-state index contributed by atoms with van der Waals surface area (Å²) >= 11 is 1.62. The van der Waals surface area contributed by atoms with Gasteiger partial charge in [-0.15, -0.1) is 11.3 Å². The van der Waals surface area contributed by atoms with E-state index in [9.17, 15) is 9.59 Å². The first-order valence-electron chi connectivity index (χ1n) is 11.6. The number of aromatic nitrogens is 1. The molecule has 1 atom stereocenters. The van der Waals surface area contributed by atoms with Crippen molar-refractivity contribution in [2.45, 2.75) is 32.6 Å². The van der Waals surface area contributed by atoms with Crippen LogP contribution < -0.4 is 5.32 Å². The van der Waals surface area contributed by atoms with Gasteiger partial charge in [0.15, 0.2) is 0 Å². The molecule has 0 saturated heterocycles. The van der Waals surface area contributed by atoms with Crippen LogP contribution in [-0.4, -0.2) is 34.8 Å². The van der Waals surface area contributed by atoms with Crippen LogP contribution in [0.2, 0.25) is 0 Å². The van der Waals surface area contributed by atoms with Gasteiger partial charge in [-0.3, -0.25) is 9.59 Å². The van der Waals surface area contributed by atoms with Crippen molar-refractivity contribution < 1.29 is 9.59 Å². The lowest BCUT2D eigenvalue weighted by molar-refractivity contribution is -0.121. The van der Waals surface area contributed by atoms with E-state index in [2.05, 4.69) is 11.4 Å². The van der Waals surface area contributed by atoms with Crippen molar-refractivity contribution in [2.75, 3.05) is 18.4 Å². The molecular formula is C28H29N3O2S. The number of carbonyl (C=O) groups excluding carboxylic acids is 2. The van der Waals surface area contributed by atoms with Gasteiger partial charge in [-0.1, -0.05) is 42.5 Å². The molecule has 0 bridgehead atoms. The Labute approximate surface area is 204 Å². The highest BCUT2D eigenvalue weighted by Gasteiger charge is 2.36. The molecule has 5 nitrogen and oxygen atoms in total. The molecule has 0 aliphatic carbocycles. The zero-order valence-electron chi connectivity index (χ0n) is 19.7. The van der Waals surface area contributed by atoms with E-state index in [1.165, 1.54) is 0 Å². The Morgan fingerprint density at radius 2 is 1.56 bits per heavy atom. The van der Waals surface area contributed by atoms with Crippen LogP contribution >= 0.6 is 11.3 Å². The summed E-state index contributed by atoms with van der Waals surface area (Å²) in [5.74, 6) is -0.117. The third kappa shape index (κ3) is 4.87. The smallest absolute Gasteiger partial charge is 0.253 e. The van der Waals surface area contributed by atoms with E-state index in [1.54, 1.807) is 40.5 Å². The molecule has 0 aliphatic rings. The van der Waals surface area contributed by atoms with Gasteiger partial charge < -0.3 is 10.2 Å². The molecule has 0 spiro atoms. The van der Waals surface area contributed by atoms with Crippen LogP contribution in [0, 0.1) is 0 Å². The van der Waals surface area contributed by atoms with Crippen LogP contribution in [0.15, 0.2) is 78.9 Å². The highest BCUT2D eigenvalue weighted by molar-refractivity contribution is 7.18. The van der Waals surface area contributed by atoms with Crippen molar-refractivity contribution in [2.24, 2.45) is 0 Å². The predicted octanol–water partition coefficient (Wildman–Crippen LogP) is 5.92. The number of nitrogens with one attached hydrogen (secondary N) is 1. The monoisotopic (exact) mass is 471 g/mol. The number of hydrogen-bond donors (Lipinski definition) is 1. The number of hydrogen-bond acceptors (Lipinski definition) is 4. The highest BCUT2D eigenvalue weighted by Crippen LogP contribution is 2.33. The summed E-state index contributed by atoms with van der Waals surface area (Å²) in [6.07, 6.45) is 0.487. The molecule has 174 valence electrons. The molecule has 1 unspecified atom stereocenters. The summed E-state index contributed by atoms with van der Waals surface area (Å²) in [5, 5.41) is 3.99. The maximum Gasteiger partial charge on any atom is 0.253 e. The van der Waals surface area contributed by atoms with Gasteiger partial charge in [0.25, 0.3) is 5.91 Å². The van der Waals surface area contributed by atoms with E-state index in [-0.39, 0.29) is 11.8 Å². The summed E-state index contributed by atoms with van der Waals surface area (Å²) in [4.78, 5) is 32.8. The van der Waals surface area contributed by atoms with Gasteiger partial charge in [0.1, 0.15) is 0 Å². The van der Waals surface area contributed by atoms with E-state index < -0.39 is 5.41 Å². The molecule has 4 rings (SSSR count). The van der Waals surface area contributed by atoms with Crippen molar-refractivity contribution >= 4 is 39.1 Å². The number of carbonyl (C=O) groups is 2. The second-order valence-corrected chi connectivity index (χ2v) is 9.57.